The van der Waals surface area contributed by atoms with Gasteiger partial charge in [0.25, 0.3) is 5.92 Å². The SMILES string of the molecule is C=CC(F)(F)[C@H](OCc1ccccc1)[C@H](O)COC(=O)c1ccccc1. The molecule has 2 aromatic rings. The molecule has 0 aliphatic carbocycles. The van der Waals surface area contributed by atoms with Gasteiger partial charge in [-0.15, -0.1) is 0 Å². The number of rotatable bonds is 9. The molecule has 0 radical (unpaired) electrons. The van der Waals surface area contributed by atoms with Gasteiger partial charge in [0.2, 0.25) is 0 Å². The number of benzene rings is 2. The Morgan fingerprint density at radius 1 is 1.12 bits per heavy atom. The molecule has 0 unspecified atom stereocenters. The second-order valence-electron chi connectivity index (χ2n) is 5.63. The second kappa shape index (κ2) is 9.22. The minimum atomic E-state index is -3.49. The van der Waals surface area contributed by atoms with Crippen molar-refractivity contribution >= 4 is 5.97 Å². The van der Waals surface area contributed by atoms with Crippen LogP contribution in [0.15, 0.2) is 73.3 Å². The van der Waals surface area contributed by atoms with Gasteiger partial charge in [-0.1, -0.05) is 55.1 Å². The third-order valence-corrected chi connectivity index (χ3v) is 3.67. The van der Waals surface area contributed by atoms with Crippen molar-refractivity contribution in [3.05, 3.63) is 84.4 Å². The average Bonchev–Trinajstić information content (AvgIpc) is 2.67. The maximum Gasteiger partial charge on any atom is 0.338 e. The minimum absolute atomic E-state index is 0.126. The first-order valence-electron chi connectivity index (χ1n) is 8.01. The summed E-state index contributed by atoms with van der Waals surface area (Å²) in [5, 5.41) is 10.1. The Bertz CT molecular complexity index is 704. The van der Waals surface area contributed by atoms with Gasteiger partial charge in [0, 0.05) is 0 Å². The lowest BCUT2D eigenvalue weighted by molar-refractivity contribution is -0.166. The molecule has 0 fully saturated rings. The molecular weight excluding hydrogens is 342 g/mol. The average molecular weight is 362 g/mol. The standard InChI is InChI=1S/C20H20F2O4/c1-2-20(21,22)18(25-13-15-9-5-3-6-10-15)17(23)14-26-19(24)16-11-7-4-8-12-16/h2-12,17-18,23H,1,13-14H2/t17-,18-/m1/s1. The first kappa shape index (κ1) is 19.8. The Morgan fingerprint density at radius 2 is 1.69 bits per heavy atom. The number of hydrogen-bond donors (Lipinski definition) is 1. The summed E-state index contributed by atoms with van der Waals surface area (Å²) in [5.74, 6) is -4.21. The van der Waals surface area contributed by atoms with Gasteiger partial charge in [-0.2, -0.15) is 8.78 Å². The maximum absolute atomic E-state index is 14.1. The van der Waals surface area contributed by atoms with E-state index in [4.69, 9.17) is 9.47 Å². The smallest absolute Gasteiger partial charge is 0.338 e. The van der Waals surface area contributed by atoms with Crippen LogP contribution >= 0.6 is 0 Å². The van der Waals surface area contributed by atoms with Crippen LogP contribution in [0.3, 0.4) is 0 Å². The summed E-state index contributed by atoms with van der Waals surface area (Å²) < 4.78 is 38.3. The Kier molecular flexibility index (Phi) is 7.00. The van der Waals surface area contributed by atoms with E-state index < -0.39 is 30.7 Å². The summed E-state index contributed by atoms with van der Waals surface area (Å²) in [7, 11) is 0. The fourth-order valence-corrected chi connectivity index (χ4v) is 2.26. The number of esters is 1. The van der Waals surface area contributed by atoms with Crippen molar-refractivity contribution in [1.29, 1.82) is 0 Å². The van der Waals surface area contributed by atoms with E-state index in [-0.39, 0.29) is 12.2 Å². The summed E-state index contributed by atoms with van der Waals surface area (Å²) >= 11 is 0. The highest BCUT2D eigenvalue weighted by Crippen LogP contribution is 2.26. The number of alkyl halides is 2. The van der Waals surface area contributed by atoms with Crippen LogP contribution in [0.4, 0.5) is 8.78 Å². The molecule has 0 heterocycles. The summed E-state index contributed by atoms with van der Waals surface area (Å²) in [4.78, 5) is 11.9. The summed E-state index contributed by atoms with van der Waals surface area (Å²) in [5.41, 5.74) is 0.933. The number of halogens is 2. The van der Waals surface area contributed by atoms with E-state index >= 15 is 0 Å². The molecule has 0 bridgehead atoms. The lowest BCUT2D eigenvalue weighted by Crippen LogP contribution is -2.45. The van der Waals surface area contributed by atoms with Crippen LogP contribution in [0.1, 0.15) is 15.9 Å². The lowest BCUT2D eigenvalue weighted by Gasteiger charge is -2.28. The van der Waals surface area contributed by atoms with Crippen molar-refractivity contribution in [2.45, 2.75) is 24.7 Å². The number of aliphatic hydroxyl groups excluding tert-OH is 1. The van der Waals surface area contributed by atoms with Crippen LogP contribution in [-0.4, -0.2) is 35.8 Å². The Balaban J connectivity index is 1.99. The molecule has 4 nitrogen and oxygen atoms in total. The number of ether oxygens (including phenoxy) is 2. The van der Waals surface area contributed by atoms with E-state index in [9.17, 15) is 18.7 Å². The Morgan fingerprint density at radius 3 is 2.27 bits per heavy atom. The predicted octanol–water partition coefficient (Wildman–Crippen LogP) is 3.61. The van der Waals surface area contributed by atoms with Gasteiger partial charge in [-0.25, -0.2) is 4.79 Å². The highest BCUT2D eigenvalue weighted by molar-refractivity contribution is 5.89. The molecule has 1 N–H and O–H groups in total. The summed E-state index contributed by atoms with van der Waals surface area (Å²) in [6, 6.07) is 16.8. The predicted molar refractivity (Wildman–Crippen MR) is 92.9 cm³/mol. The quantitative estimate of drug-likeness (QED) is 0.547. The Hall–Kier alpha value is -2.57. The molecule has 0 spiro atoms. The zero-order valence-corrected chi connectivity index (χ0v) is 14.1. The normalized spacial score (nSPS) is 13.7. The summed E-state index contributed by atoms with van der Waals surface area (Å²) in [6.07, 6.45) is -3.21. The molecule has 138 valence electrons. The molecule has 0 saturated heterocycles. The monoisotopic (exact) mass is 362 g/mol. The fraction of sp³-hybridized carbons (Fsp3) is 0.250. The Labute approximate surface area is 150 Å². The second-order valence-corrected chi connectivity index (χ2v) is 5.63. The van der Waals surface area contributed by atoms with Gasteiger partial charge in [0.1, 0.15) is 12.7 Å². The molecule has 0 aromatic heterocycles. The molecule has 2 rings (SSSR count). The largest absolute Gasteiger partial charge is 0.459 e. The molecule has 26 heavy (non-hydrogen) atoms. The molecule has 2 atom stereocenters. The van der Waals surface area contributed by atoms with Gasteiger partial charge >= 0.3 is 5.97 Å². The molecule has 0 aliphatic heterocycles. The number of aliphatic hydroxyl groups is 1. The van der Waals surface area contributed by atoms with Crippen molar-refractivity contribution < 1.29 is 28.2 Å². The molecule has 0 aliphatic rings. The molecule has 0 saturated carbocycles. The van der Waals surface area contributed by atoms with Crippen LogP contribution in [-0.2, 0) is 16.1 Å². The third-order valence-electron chi connectivity index (χ3n) is 3.67. The van der Waals surface area contributed by atoms with Crippen LogP contribution in [0.25, 0.3) is 0 Å². The van der Waals surface area contributed by atoms with Gasteiger partial charge < -0.3 is 14.6 Å². The molecule has 2 aromatic carbocycles. The van der Waals surface area contributed by atoms with Gasteiger partial charge in [-0.3, -0.25) is 0 Å². The van der Waals surface area contributed by atoms with Gasteiger partial charge in [-0.05, 0) is 23.8 Å². The first-order chi connectivity index (χ1) is 12.4. The van der Waals surface area contributed by atoms with Crippen LogP contribution in [0, 0.1) is 0 Å². The van der Waals surface area contributed by atoms with Crippen LogP contribution in [0.5, 0.6) is 0 Å². The van der Waals surface area contributed by atoms with Gasteiger partial charge in [0.15, 0.2) is 6.10 Å². The number of carbonyl (C=O) groups excluding carboxylic acids is 1. The van der Waals surface area contributed by atoms with Crippen LogP contribution < -0.4 is 0 Å². The number of carbonyl (C=O) groups is 1. The van der Waals surface area contributed by atoms with Crippen molar-refractivity contribution in [2.24, 2.45) is 0 Å². The zero-order chi connectivity index (χ0) is 19.0. The highest BCUT2D eigenvalue weighted by Gasteiger charge is 2.43. The van der Waals surface area contributed by atoms with Crippen molar-refractivity contribution in [3.63, 3.8) is 0 Å². The maximum atomic E-state index is 14.1. The summed E-state index contributed by atoms with van der Waals surface area (Å²) in [6.45, 7) is 2.33. The van der Waals surface area contributed by atoms with E-state index in [1.807, 2.05) is 0 Å². The van der Waals surface area contributed by atoms with Crippen LogP contribution in [0.2, 0.25) is 0 Å². The van der Waals surface area contributed by atoms with E-state index in [0.717, 1.165) is 0 Å². The van der Waals surface area contributed by atoms with E-state index in [0.29, 0.717) is 11.6 Å². The first-order valence-corrected chi connectivity index (χ1v) is 8.01. The molecule has 6 heteroatoms. The minimum Gasteiger partial charge on any atom is -0.459 e. The third kappa shape index (κ3) is 5.47. The van der Waals surface area contributed by atoms with Crippen molar-refractivity contribution in [3.8, 4) is 0 Å². The van der Waals surface area contributed by atoms with E-state index in [2.05, 4.69) is 6.58 Å². The fourth-order valence-electron chi connectivity index (χ4n) is 2.26. The molecular formula is C20H20F2O4. The topological polar surface area (TPSA) is 55.8 Å². The lowest BCUT2D eigenvalue weighted by atomic mass is 10.1. The zero-order valence-electron chi connectivity index (χ0n) is 14.1. The van der Waals surface area contributed by atoms with Gasteiger partial charge in [0.05, 0.1) is 12.2 Å². The number of hydrogen-bond acceptors (Lipinski definition) is 4. The van der Waals surface area contributed by atoms with Crippen molar-refractivity contribution in [2.75, 3.05) is 6.61 Å². The van der Waals surface area contributed by atoms with E-state index in [1.54, 1.807) is 48.5 Å². The van der Waals surface area contributed by atoms with E-state index in [1.165, 1.54) is 12.1 Å². The molecule has 0 amide bonds. The van der Waals surface area contributed by atoms with Crippen molar-refractivity contribution in [1.82, 2.24) is 0 Å². The highest BCUT2D eigenvalue weighted by atomic mass is 19.3.